The van der Waals surface area contributed by atoms with Gasteiger partial charge in [-0.25, -0.2) is 4.39 Å². The van der Waals surface area contributed by atoms with Crippen molar-refractivity contribution >= 4 is 17.5 Å². The molecule has 2 amide bonds. The Morgan fingerprint density at radius 1 is 1.11 bits per heavy atom. The van der Waals surface area contributed by atoms with Crippen LogP contribution in [0.2, 0.25) is 0 Å². The molecule has 2 aliphatic heterocycles. The molecular formula is C22H24FN3O2. The van der Waals surface area contributed by atoms with E-state index in [4.69, 9.17) is 0 Å². The molecule has 0 atom stereocenters. The van der Waals surface area contributed by atoms with E-state index >= 15 is 0 Å². The van der Waals surface area contributed by atoms with Crippen LogP contribution in [0.1, 0.15) is 30.4 Å². The second-order valence-electron chi connectivity index (χ2n) is 7.54. The number of nitrogens with zero attached hydrogens (tertiary/aromatic N) is 3. The molecule has 0 bridgehead atoms. The van der Waals surface area contributed by atoms with Gasteiger partial charge in [0.25, 0.3) is 0 Å². The average Bonchev–Trinajstić information content (AvgIpc) is 3.16. The van der Waals surface area contributed by atoms with Gasteiger partial charge in [-0.15, -0.1) is 0 Å². The Hall–Kier alpha value is -2.76. The van der Waals surface area contributed by atoms with Crippen molar-refractivity contribution < 1.29 is 14.0 Å². The monoisotopic (exact) mass is 381 g/mol. The van der Waals surface area contributed by atoms with Crippen LogP contribution < -0.4 is 4.90 Å². The fourth-order valence-electron chi connectivity index (χ4n) is 4.17. The zero-order valence-corrected chi connectivity index (χ0v) is 15.8. The number of fused-ring (bicyclic) bond motifs is 1. The maximum atomic E-state index is 13.2. The van der Waals surface area contributed by atoms with Crippen molar-refractivity contribution in [1.82, 2.24) is 9.88 Å². The third-order valence-electron chi connectivity index (χ3n) is 5.74. The van der Waals surface area contributed by atoms with E-state index in [1.54, 1.807) is 6.20 Å². The molecule has 146 valence electrons. The minimum atomic E-state index is -0.382. The summed E-state index contributed by atoms with van der Waals surface area (Å²) >= 11 is 0. The smallest absolute Gasteiger partial charge is 0.230 e. The predicted molar refractivity (Wildman–Crippen MR) is 104 cm³/mol. The number of likely N-dealkylation sites (tertiary alicyclic amines) is 1. The minimum Gasteiger partial charge on any atom is -0.343 e. The first-order valence-corrected chi connectivity index (χ1v) is 9.88. The molecule has 2 aliphatic rings. The maximum absolute atomic E-state index is 13.2. The lowest BCUT2D eigenvalue weighted by molar-refractivity contribution is -0.134. The molecule has 0 N–H and O–H groups in total. The van der Waals surface area contributed by atoms with Crippen molar-refractivity contribution in [2.75, 3.05) is 24.5 Å². The first-order valence-electron chi connectivity index (χ1n) is 9.88. The number of rotatable bonds is 4. The summed E-state index contributed by atoms with van der Waals surface area (Å²) in [5, 5.41) is 0. The molecule has 0 radical (unpaired) electrons. The summed E-state index contributed by atoms with van der Waals surface area (Å²) in [5.41, 5.74) is 3.00. The fourth-order valence-corrected chi connectivity index (χ4v) is 4.17. The number of aromatic nitrogens is 1. The average molecular weight is 381 g/mol. The molecule has 4 rings (SSSR count). The minimum absolute atomic E-state index is 0.0253. The highest BCUT2D eigenvalue weighted by molar-refractivity contribution is 5.97. The number of halogens is 1. The lowest BCUT2D eigenvalue weighted by atomic mass is 9.94. The number of hydrogen-bond donors (Lipinski definition) is 0. The van der Waals surface area contributed by atoms with Crippen LogP contribution in [0.4, 0.5) is 10.1 Å². The van der Waals surface area contributed by atoms with Gasteiger partial charge in [-0.1, -0.05) is 18.2 Å². The standard InChI is InChI=1S/C22H24FN3O2/c23-19-13-16(14-24-15-19)5-6-21(27)25-10-7-18(8-11-25)22(28)26-12-9-17-3-1-2-4-20(17)26/h1-4,13-15,18H,5-12H2. The number of benzene rings is 1. The third kappa shape index (κ3) is 3.91. The summed E-state index contributed by atoms with van der Waals surface area (Å²) in [7, 11) is 0. The Kier molecular flexibility index (Phi) is 5.37. The SMILES string of the molecule is O=C(CCc1cncc(F)c1)N1CCC(C(=O)N2CCc3ccccc32)CC1. The van der Waals surface area contributed by atoms with E-state index in [2.05, 4.69) is 11.1 Å². The van der Waals surface area contributed by atoms with Gasteiger partial charge in [-0.2, -0.15) is 0 Å². The topological polar surface area (TPSA) is 53.5 Å². The normalized spacial score (nSPS) is 16.9. The van der Waals surface area contributed by atoms with E-state index in [-0.39, 0.29) is 23.5 Å². The van der Waals surface area contributed by atoms with Crippen molar-refractivity contribution in [3.8, 4) is 0 Å². The molecular weight excluding hydrogens is 357 g/mol. The van der Waals surface area contributed by atoms with Gasteiger partial charge in [0.2, 0.25) is 11.8 Å². The van der Waals surface area contributed by atoms with Crippen LogP contribution in [0.5, 0.6) is 0 Å². The maximum Gasteiger partial charge on any atom is 0.230 e. The summed E-state index contributed by atoms with van der Waals surface area (Å²) < 4.78 is 13.2. The number of amides is 2. The molecule has 0 aliphatic carbocycles. The van der Waals surface area contributed by atoms with Crippen LogP contribution in [0, 0.1) is 11.7 Å². The quantitative estimate of drug-likeness (QED) is 0.818. The molecule has 1 aromatic heterocycles. The second kappa shape index (κ2) is 8.09. The summed E-state index contributed by atoms with van der Waals surface area (Å²) in [5.74, 6) is -0.167. The molecule has 5 nitrogen and oxygen atoms in total. The Bertz CT molecular complexity index is 878. The summed E-state index contributed by atoms with van der Waals surface area (Å²) in [4.78, 5) is 33.0. The second-order valence-corrected chi connectivity index (χ2v) is 7.54. The van der Waals surface area contributed by atoms with Crippen LogP contribution in [0.25, 0.3) is 0 Å². The number of hydrogen-bond acceptors (Lipinski definition) is 3. The number of pyridine rings is 1. The summed E-state index contributed by atoms with van der Waals surface area (Å²) in [6.07, 6.45) is 5.88. The molecule has 2 aromatic rings. The third-order valence-corrected chi connectivity index (χ3v) is 5.74. The molecule has 1 aromatic carbocycles. The molecule has 0 spiro atoms. The van der Waals surface area contributed by atoms with Gasteiger partial charge in [-0.05, 0) is 48.9 Å². The van der Waals surface area contributed by atoms with Crippen LogP contribution >= 0.6 is 0 Å². The Labute approximate surface area is 164 Å². The first-order chi connectivity index (χ1) is 13.6. The Balaban J connectivity index is 1.28. The van der Waals surface area contributed by atoms with Crippen LogP contribution in [-0.4, -0.2) is 41.3 Å². The molecule has 1 fully saturated rings. The summed E-state index contributed by atoms with van der Waals surface area (Å²) in [6.45, 7) is 1.96. The number of aryl methyl sites for hydroxylation is 1. The zero-order chi connectivity index (χ0) is 19.5. The van der Waals surface area contributed by atoms with Gasteiger partial charge in [0.05, 0.1) is 6.20 Å². The van der Waals surface area contributed by atoms with E-state index in [1.807, 2.05) is 28.0 Å². The van der Waals surface area contributed by atoms with Crippen LogP contribution in [0.3, 0.4) is 0 Å². The summed E-state index contributed by atoms with van der Waals surface area (Å²) in [6, 6.07) is 9.49. The molecule has 6 heteroatoms. The highest BCUT2D eigenvalue weighted by atomic mass is 19.1. The van der Waals surface area contributed by atoms with Crippen molar-refractivity contribution in [2.45, 2.75) is 32.1 Å². The first kappa shape index (κ1) is 18.6. The molecule has 28 heavy (non-hydrogen) atoms. The molecule has 0 unspecified atom stereocenters. The number of carbonyl (C=O) groups is 2. The van der Waals surface area contributed by atoms with Gasteiger partial charge in [0.1, 0.15) is 5.82 Å². The highest BCUT2D eigenvalue weighted by Crippen LogP contribution is 2.31. The number of anilines is 1. The highest BCUT2D eigenvalue weighted by Gasteiger charge is 2.33. The van der Waals surface area contributed by atoms with Crippen molar-refractivity contribution in [3.05, 3.63) is 59.7 Å². The van der Waals surface area contributed by atoms with Gasteiger partial charge in [-0.3, -0.25) is 14.6 Å². The fraction of sp³-hybridized carbons (Fsp3) is 0.409. The Morgan fingerprint density at radius 2 is 1.89 bits per heavy atom. The van der Waals surface area contributed by atoms with Gasteiger partial charge in [0, 0.05) is 43.9 Å². The van der Waals surface area contributed by atoms with E-state index < -0.39 is 0 Å². The molecule has 3 heterocycles. The van der Waals surface area contributed by atoms with E-state index in [0.717, 1.165) is 30.4 Å². The van der Waals surface area contributed by atoms with Crippen molar-refractivity contribution in [3.63, 3.8) is 0 Å². The van der Waals surface area contributed by atoms with Gasteiger partial charge >= 0.3 is 0 Å². The van der Waals surface area contributed by atoms with Crippen molar-refractivity contribution in [1.29, 1.82) is 0 Å². The molecule has 1 saturated heterocycles. The number of carbonyl (C=O) groups excluding carboxylic acids is 2. The lowest BCUT2D eigenvalue weighted by Crippen LogP contribution is -2.44. The van der Waals surface area contributed by atoms with E-state index in [9.17, 15) is 14.0 Å². The van der Waals surface area contributed by atoms with Gasteiger partial charge in [0.15, 0.2) is 0 Å². The van der Waals surface area contributed by atoms with Gasteiger partial charge < -0.3 is 9.80 Å². The lowest BCUT2D eigenvalue weighted by Gasteiger charge is -2.33. The largest absolute Gasteiger partial charge is 0.343 e. The van der Waals surface area contributed by atoms with Crippen LogP contribution in [-0.2, 0) is 22.4 Å². The predicted octanol–water partition coefficient (Wildman–Crippen LogP) is 2.98. The van der Waals surface area contributed by atoms with E-state index in [0.29, 0.717) is 38.8 Å². The number of piperidine rings is 1. The molecule has 0 saturated carbocycles. The van der Waals surface area contributed by atoms with Crippen molar-refractivity contribution in [2.24, 2.45) is 5.92 Å². The number of para-hydroxylation sites is 1. The zero-order valence-electron chi connectivity index (χ0n) is 15.8. The Morgan fingerprint density at radius 3 is 2.68 bits per heavy atom. The van der Waals surface area contributed by atoms with Crippen LogP contribution in [0.15, 0.2) is 42.7 Å². The van der Waals surface area contributed by atoms with E-state index in [1.165, 1.54) is 11.6 Å².